The van der Waals surface area contributed by atoms with E-state index in [9.17, 15) is 35.7 Å². The van der Waals surface area contributed by atoms with Crippen LogP contribution in [0.2, 0.25) is 0 Å². The van der Waals surface area contributed by atoms with Crippen molar-refractivity contribution in [3.63, 3.8) is 0 Å². The lowest BCUT2D eigenvalue weighted by atomic mass is 9.99. The third-order valence-corrected chi connectivity index (χ3v) is 6.06. The molecule has 38 heavy (non-hydrogen) atoms. The summed E-state index contributed by atoms with van der Waals surface area (Å²) >= 11 is 0. The number of aliphatic hydroxyl groups excluding tert-OH is 6. The molecule has 3 rings (SSSR count). The van der Waals surface area contributed by atoms with Gasteiger partial charge >= 0.3 is 0 Å². The van der Waals surface area contributed by atoms with Gasteiger partial charge in [-0.1, -0.05) is 24.3 Å². The maximum absolute atomic E-state index is 10.7. The first kappa shape index (κ1) is 29.6. The van der Waals surface area contributed by atoms with Crippen molar-refractivity contribution >= 4 is 6.08 Å². The molecular formula is C26H34O12. The molecule has 12 nitrogen and oxygen atoms in total. The first-order chi connectivity index (χ1) is 18.2. The summed E-state index contributed by atoms with van der Waals surface area (Å²) in [6, 6.07) is 9.27. The number of benzene rings is 2. The average molecular weight is 539 g/mol. The summed E-state index contributed by atoms with van der Waals surface area (Å²) in [5, 5.41) is 69.3. The van der Waals surface area contributed by atoms with Crippen molar-refractivity contribution in [2.75, 3.05) is 34.0 Å². The van der Waals surface area contributed by atoms with E-state index in [0.717, 1.165) is 0 Å². The van der Waals surface area contributed by atoms with Gasteiger partial charge in [0.15, 0.2) is 35.4 Å². The van der Waals surface area contributed by atoms with Gasteiger partial charge in [0.2, 0.25) is 0 Å². The van der Waals surface area contributed by atoms with Crippen LogP contribution in [0, 0.1) is 0 Å². The van der Waals surface area contributed by atoms with Gasteiger partial charge in [-0.25, -0.2) is 0 Å². The molecule has 0 spiro atoms. The van der Waals surface area contributed by atoms with Gasteiger partial charge in [-0.15, -0.1) is 0 Å². The Labute approximate surface area is 219 Å². The highest BCUT2D eigenvalue weighted by Crippen LogP contribution is 2.34. The van der Waals surface area contributed by atoms with Crippen molar-refractivity contribution in [3.8, 4) is 23.0 Å². The van der Waals surface area contributed by atoms with E-state index >= 15 is 0 Å². The molecule has 2 aromatic rings. The molecule has 7 N–H and O–H groups in total. The minimum absolute atomic E-state index is 0.0157. The van der Waals surface area contributed by atoms with Crippen LogP contribution in [0.3, 0.4) is 0 Å². The fraction of sp³-hybridized carbons (Fsp3) is 0.462. The molecule has 0 aliphatic carbocycles. The van der Waals surface area contributed by atoms with Crippen LogP contribution in [0.1, 0.15) is 17.2 Å². The number of aliphatic hydroxyl groups is 6. The molecule has 0 saturated carbocycles. The first-order valence-electron chi connectivity index (χ1n) is 11.8. The van der Waals surface area contributed by atoms with Crippen LogP contribution in [0.15, 0.2) is 42.5 Å². The van der Waals surface area contributed by atoms with E-state index in [1.807, 2.05) is 0 Å². The van der Waals surface area contributed by atoms with E-state index in [1.165, 1.54) is 32.4 Å². The summed E-state index contributed by atoms with van der Waals surface area (Å²) in [5.74, 6) is 0.679. The smallest absolute Gasteiger partial charge is 0.187 e. The second-order valence-electron chi connectivity index (χ2n) is 8.56. The molecule has 7 unspecified atom stereocenters. The largest absolute Gasteiger partial charge is 0.504 e. The predicted molar refractivity (Wildman–Crippen MR) is 133 cm³/mol. The van der Waals surface area contributed by atoms with E-state index in [0.29, 0.717) is 16.9 Å². The lowest BCUT2D eigenvalue weighted by molar-refractivity contribution is -0.298. The summed E-state index contributed by atoms with van der Waals surface area (Å²) in [6.07, 6.45) is -5.75. The van der Waals surface area contributed by atoms with Crippen molar-refractivity contribution in [2.24, 2.45) is 0 Å². The Balaban J connectivity index is 1.63. The van der Waals surface area contributed by atoms with Gasteiger partial charge in [0.1, 0.15) is 30.5 Å². The molecule has 7 atom stereocenters. The van der Waals surface area contributed by atoms with Crippen LogP contribution in [-0.2, 0) is 9.47 Å². The standard InChI is InChI=1S/C26H34O12/c1-34-18-11-15(6-7-16(18)29)22(30)20(12-27)37-17-8-5-14(10-19(17)35-2)4-3-9-36-26-25(33)24(32)23(31)21(13-28)38-26/h3-8,10-11,20-33H,9,12-13H2,1-2H3/b4-3+. The Kier molecular flexibility index (Phi) is 10.7. The van der Waals surface area contributed by atoms with Gasteiger partial charge in [-0.3, -0.25) is 0 Å². The van der Waals surface area contributed by atoms with Crippen LogP contribution in [0.5, 0.6) is 23.0 Å². The van der Waals surface area contributed by atoms with Gasteiger partial charge in [0.25, 0.3) is 0 Å². The van der Waals surface area contributed by atoms with Gasteiger partial charge in [-0.05, 0) is 35.4 Å². The van der Waals surface area contributed by atoms with Gasteiger partial charge < -0.3 is 59.4 Å². The van der Waals surface area contributed by atoms with Crippen molar-refractivity contribution < 1.29 is 59.4 Å². The number of hydrogen-bond acceptors (Lipinski definition) is 12. The van der Waals surface area contributed by atoms with Crippen molar-refractivity contribution in [1.29, 1.82) is 0 Å². The zero-order valence-corrected chi connectivity index (χ0v) is 21.0. The Hall–Kier alpha value is -2.94. The zero-order chi connectivity index (χ0) is 27.8. The normalized spacial score (nSPS) is 25.2. The Morgan fingerprint density at radius 2 is 1.66 bits per heavy atom. The molecular weight excluding hydrogens is 504 g/mol. The van der Waals surface area contributed by atoms with Crippen molar-refractivity contribution in [3.05, 3.63) is 53.6 Å². The van der Waals surface area contributed by atoms with Crippen LogP contribution >= 0.6 is 0 Å². The number of aromatic hydroxyl groups is 1. The molecule has 2 aromatic carbocycles. The Morgan fingerprint density at radius 1 is 0.921 bits per heavy atom. The van der Waals surface area contributed by atoms with Gasteiger partial charge in [0.05, 0.1) is 34.0 Å². The number of ether oxygens (including phenoxy) is 5. The minimum Gasteiger partial charge on any atom is -0.504 e. The highest BCUT2D eigenvalue weighted by atomic mass is 16.7. The third-order valence-electron chi connectivity index (χ3n) is 6.06. The Morgan fingerprint density at radius 3 is 2.32 bits per heavy atom. The molecule has 1 heterocycles. The van der Waals surface area contributed by atoms with Gasteiger partial charge in [-0.2, -0.15) is 0 Å². The fourth-order valence-corrected chi connectivity index (χ4v) is 3.88. The molecule has 1 saturated heterocycles. The molecule has 1 fully saturated rings. The summed E-state index contributed by atoms with van der Waals surface area (Å²) in [5.41, 5.74) is 1.06. The molecule has 1 aliphatic heterocycles. The van der Waals surface area contributed by atoms with E-state index in [-0.39, 0.29) is 23.9 Å². The van der Waals surface area contributed by atoms with Crippen LogP contribution in [-0.4, -0.2) is 107 Å². The number of methoxy groups -OCH3 is 2. The number of hydrogen-bond donors (Lipinski definition) is 7. The fourth-order valence-electron chi connectivity index (χ4n) is 3.88. The van der Waals surface area contributed by atoms with Crippen molar-refractivity contribution in [2.45, 2.75) is 42.9 Å². The van der Waals surface area contributed by atoms with Crippen LogP contribution < -0.4 is 14.2 Å². The van der Waals surface area contributed by atoms with Crippen LogP contribution in [0.25, 0.3) is 6.08 Å². The van der Waals surface area contributed by atoms with Gasteiger partial charge in [0, 0.05) is 0 Å². The minimum atomic E-state index is -1.52. The highest BCUT2D eigenvalue weighted by molar-refractivity contribution is 5.56. The number of rotatable bonds is 12. The van der Waals surface area contributed by atoms with E-state index in [2.05, 4.69) is 0 Å². The van der Waals surface area contributed by atoms with E-state index in [1.54, 1.807) is 30.4 Å². The lowest BCUT2D eigenvalue weighted by Gasteiger charge is -2.39. The molecule has 1 aliphatic rings. The number of phenolic OH excluding ortho intramolecular Hbond substituents is 1. The lowest BCUT2D eigenvalue weighted by Crippen LogP contribution is -2.59. The molecule has 0 bridgehead atoms. The monoisotopic (exact) mass is 538 g/mol. The summed E-state index contributed by atoms with van der Waals surface area (Å²) in [6.45, 7) is -1.07. The van der Waals surface area contributed by atoms with Crippen LogP contribution in [0.4, 0.5) is 0 Å². The zero-order valence-electron chi connectivity index (χ0n) is 21.0. The number of phenols is 1. The SMILES string of the molecule is COc1cc(C(O)C(CO)Oc2ccc(/C=C/COC3OC(CO)C(O)C(O)C3O)cc2OC)ccc1O. The maximum Gasteiger partial charge on any atom is 0.187 e. The predicted octanol–water partition coefficient (Wildman–Crippen LogP) is -0.288. The quantitative estimate of drug-likeness (QED) is 0.187. The molecule has 0 radical (unpaired) electrons. The van der Waals surface area contributed by atoms with E-state index < -0.39 is 56.1 Å². The van der Waals surface area contributed by atoms with E-state index in [4.69, 9.17) is 23.7 Å². The molecule has 0 aromatic heterocycles. The summed E-state index contributed by atoms with van der Waals surface area (Å²) < 4.78 is 27.0. The highest BCUT2D eigenvalue weighted by Gasteiger charge is 2.43. The first-order valence-corrected chi connectivity index (χ1v) is 11.8. The van der Waals surface area contributed by atoms with Crippen molar-refractivity contribution in [1.82, 2.24) is 0 Å². The summed E-state index contributed by atoms with van der Waals surface area (Å²) in [7, 11) is 2.82. The second kappa shape index (κ2) is 13.7. The Bertz CT molecular complexity index is 1060. The maximum atomic E-state index is 10.7. The molecule has 210 valence electrons. The second-order valence-corrected chi connectivity index (χ2v) is 8.56. The molecule has 0 amide bonds. The summed E-state index contributed by atoms with van der Waals surface area (Å²) in [4.78, 5) is 0. The molecule has 12 heteroatoms. The third kappa shape index (κ3) is 6.92. The average Bonchev–Trinajstić information content (AvgIpc) is 2.94. The topological polar surface area (TPSA) is 188 Å².